The molecule has 15 nitrogen and oxygen atoms in total. The minimum Gasteiger partial charge on any atom is -0.480 e. The summed E-state index contributed by atoms with van der Waals surface area (Å²) in [5, 5.41) is 18.6. The predicted molar refractivity (Wildman–Crippen MR) is 165 cm³/mol. The number of nitrogens with two attached hydrogens (primary N) is 3. The van der Waals surface area contributed by atoms with Crippen molar-refractivity contribution in [1.82, 2.24) is 30.9 Å². The van der Waals surface area contributed by atoms with Gasteiger partial charge in [0.15, 0.2) is 5.96 Å². The number of aliphatic imine (C=N–C) groups is 1. The number of fused-ring (bicyclic) bond motifs is 1. The smallest absolute Gasteiger partial charge is 0.326 e. The maximum atomic E-state index is 13.6. The number of nitrogens with zero attached hydrogens (tertiary/aromatic N) is 2. The van der Waals surface area contributed by atoms with Crippen LogP contribution in [0.3, 0.4) is 0 Å². The first kappa shape index (κ1) is 33.6. The maximum Gasteiger partial charge on any atom is 0.326 e. The lowest BCUT2D eigenvalue weighted by atomic mass is 9.98. The van der Waals surface area contributed by atoms with E-state index in [1.165, 1.54) is 12.5 Å². The zero-order valence-electron chi connectivity index (χ0n) is 24.9. The van der Waals surface area contributed by atoms with Gasteiger partial charge in [0.2, 0.25) is 17.7 Å². The van der Waals surface area contributed by atoms with Gasteiger partial charge >= 0.3 is 5.97 Å². The topological polar surface area (TPSA) is 259 Å². The Kier molecular flexibility index (Phi) is 12.3. The van der Waals surface area contributed by atoms with E-state index in [-0.39, 0.29) is 37.7 Å². The molecule has 5 unspecified atom stereocenters. The summed E-state index contributed by atoms with van der Waals surface area (Å²) >= 11 is 0. The second kappa shape index (κ2) is 16.1. The van der Waals surface area contributed by atoms with Crippen molar-refractivity contribution < 1.29 is 24.3 Å². The molecular formula is C29H42N10O5. The monoisotopic (exact) mass is 610 g/mol. The molecule has 15 heteroatoms. The lowest BCUT2D eigenvalue weighted by molar-refractivity contribution is -0.144. The number of nitrogens with one attached hydrogen (secondary N) is 5. The lowest BCUT2D eigenvalue weighted by Gasteiger charge is -2.26. The van der Waals surface area contributed by atoms with E-state index in [2.05, 4.69) is 35.9 Å². The second-order valence-electron chi connectivity index (χ2n) is 10.7. The number of hydrogen-bond acceptors (Lipinski definition) is 7. The first-order chi connectivity index (χ1) is 21.0. The third kappa shape index (κ3) is 9.55. The molecule has 0 radical (unpaired) electrons. The molecule has 3 rings (SSSR count). The predicted octanol–water partition coefficient (Wildman–Crippen LogP) is -0.358. The third-order valence-corrected chi connectivity index (χ3v) is 7.42. The molecule has 5 atom stereocenters. The number of guanidine groups is 1. The average molecular weight is 611 g/mol. The van der Waals surface area contributed by atoms with Gasteiger partial charge in [0, 0.05) is 42.0 Å². The number of carbonyl (C=O) groups excluding carboxylic acids is 3. The van der Waals surface area contributed by atoms with E-state index in [0.29, 0.717) is 18.5 Å². The molecule has 0 aliphatic rings. The van der Waals surface area contributed by atoms with Crippen LogP contribution < -0.4 is 33.2 Å². The van der Waals surface area contributed by atoms with Gasteiger partial charge in [0.05, 0.1) is 12.4 Å². The standard InChI is InChI=1S/C29H42N10O5/c1-3-16(2)24(28(43)44)39-26(41)22(9-6-10-34-29(31)32)37-27(42)23(12-18-14-33-15-36-18)38-25(40)20(30)11-17-13-35-21-8-5-4-7-19(17)21/h4-5,7-8,13-16,20,22-24,35H,3,6,9-12,30H2,1-2H3,(H,33,36)(H,37,42)(H,38,40)(H,39,41)(H,43,44)(H4,31,32,34). The van der Waals surface area contributed by atoms with Crippen molar-refractivity contribution in [2.45, 2.75) is 70.1 Å². The fourth-order valence-corrected chi connectivity index (χ4v) is 4.72. The van der Waals surface area contributed by atoms with Gasteiger partial charge in [-0.1, -0.05) is 38.5 Å². The van der Waals surface area contributed by atoms with Gasteiger partial charge in [0.25, 0.3) is 0 Å². The molecule has 0 saturated heterocycles. The summed E-state index contributed by atoms with van der Waals surface area (Å²) in [7, 11) is 0. The van der Waals surface area contributed by atoms with E-state index in [4.69, 9.17) is 17.2 Å². The summed E-state index contributed by atoms with van der Waals surface area (Å²) in [4.78, 5) is 65.9. The Hall–Kier alpha value is -4.92. The van der Waals surface area contributed by atoms with Crippen molar-refractivity contribution in [3.8, 4) is 0 Å². The lowest BCUT2D eigenvalue weighted by Crippen LogP contribution is -2.58. The van der Waals surface area contributed by atoms with E-state index in [0.717, 1.165) is 16.5 Å². The Morgan fingerprint density at radius 1 is 1.00 bits per heavy atom. The minimum atomic E-state index is -1.19. The Labute approximate surface area is 254 Å². The van der Waals surface area contributed by atoms with Crippen LogP contribution in [0.15, 0.2) is 48.0 Å². The van der Waals surface area contributed by atoms with Crippen LogP contribution in [0.5, 0.6) is 0 Å². The van der Waals surface area contributed by atoms with E-state index in [1.807, 2.05) is 31.2 Å². The first-order valence-electron chi connectivity index (χ1n) is 14.5. The van der Waals surface area contributed by atoms with Gasteiger partial charge in [-0.05, 0) is 36.8 Å². The molecule has 44 heavy (non-hydrogen) atoms. The van der Waals surface area contributed by atoms with Crippen molar-refractivity contribution in [3.63, 3.8) is 0 Å². The molecule has 3 amide bonds. The number of H-pyrrole nitrogens is 2. The van der Waals surface area contributed by atoms with Gasteiger partial charge in [-0.15, -0.1) is 0 Å². The number of carboxylic acid groups (broad SMARTS) is 1. The highest BCUT2D eigenvalue weighted by Gasteiger charge is 2.32. The van der Waals surface area contributed by atoms with Gasteiger partial charge in [-0.3, -0.25) is 19.4 Å². The highest BCUT2D eigenvalue weighted by molar-refractivity contribution is 5.94. The minimum absolute atomic E-state index is 0.0321. The highest BCUT2D eigenvalue weighted by Crippen LogP contribution is 2.19. The SMILES string of the molecule is CCC(C)C(NC(=O)C(CCCN=C(N)N)NC(=O)C(Cc1cnc[nH]1)NC(=O)C(N)Cc1c[nH]c2ccccc12)C(=O)O. The molecule has 0 fully saturated rings. The van der Waals surface area contributed by atoms with Gasteiger partial charge in [-0.25, -0.2) is 9.78 Å². The summed E-state index contributed by atoms with van der Waals surface area (Å²) < 4.78 is 0. The molecule has 3 aromatic rings. The van der Waals surface area contributed by atoms with Crippen LogP contribution in [0.1, 0.15) is 44.4 Å². The molecule has 0 spiro atoms. The van der Waals surface area contributed by atoms with Crippen LogP contribution in [-0.4, -0.2) is 80.4 Å². The number of aromatic nitrogens is 3. The van der Waals surface area contributed by atoms with Crippen molar-refractivity contribution in [3.05, 3.63) is 54.2 Å². The molecule has 12 N–H and O–H groups in total. The van der Waals surface area contributed by atoms with Crippen LogP contribution in [0, 0.1) is 5.92 Å². The molecular weight excluding hydrogens is 568 g/mol. The van der Waals surface area contributed by atoms with Gasteiger partial charge in [-0.2, -0.15) is 0 Å². The van der Waals surface area contributed by atoms with Crippen LogP contribution >= 0.6 is 0 Å². The number of carboxylic acids is 1. The maximum absolute atomic E-state index is 13.6. The quantitative estimate of drug-likeness (QED) is 0.0548. The van der Waals surface area contributed by atoms with Crippen LogP contribution in [0.4, 0.5) is 0 Å². The molecule has 0 aliphatic carbocycles. The number of aromatic amines is 2. The zero-order chi connectivity index (χ0) is 32.2. The van der Waals surface area contributed by atoms with Crippen molar-refractivity contribution in [1.29, 1.82) is 0 Å². The summed E-state index contributed by atoms with van der Waals surface area (Å²) in [6, 6.07) is 3.23. The Bertz CT molecular complexity index is 1430. The molecule has 0 aliphatic heterocycles. The van der Waals surface area contributed by atoms with Gasteiger partial charge < -0.3 is 48.2 Å². The van der Waals surface area contributed by atoms with E-state index >= 15 is 0 Å². The van der Waals surface area contributed by atoms with Crippen LogP contribution in [0.2, 0.25) is 0 Å². The Morgan fingerprint density at radius 2 is 1.70 bits per heavy atom. The molecule has 238 valence electrons. The Morgan fingerprint density at radius 3 is 2.36 bits per heavy atom. The second-order valence-corrected chi connectivity index (χ2v) is 10.7. The molecule has 2 heterocycles. The summed E-state index contributed by atoms with van der Waals surface area (Å²) in [6.45, 7) is 3.71. The zero-order valence-corrected chi connectivity index (χ0v) is 24.9. The van der Waals surface area contributed by atoms with Crippen LogP contribution in [-0.2, 0) is 32.0 Å². The van der Waals surface area contributed by atoms with Crippen molar-refractivity contribution in [2.75, 3.05) is 6.54 Å². The number of carbonyl (C=O) groups is 4. The molecule has 0 bridgehead atoms. The fraction of sp³-hybridized carbons (Fsp3) is 0.448. The summed E-state index contributed by atoms with van der Waals surface area (Å²) in [5.41, 5.74) is 19.4. The number of amides is 3. The number of imidazole rings is 1. The van der Waals surface area contributed by atoms with E-state index < -0.39 is 47.9 Å². The molecule has 2 aromatic heterocycles. The van der Waals surface area contributed by atoms with E-state index in [9.17, 15) is 24.3 Å². The summed E-state index contributed by atoms with van der Waals surface area (Å²) in [5.74, 6) is -3.58. The number of aliphatic carboxylic acids is 1. The largest absolute Gasteiger partial charge is 0.480 e. The molecule has 0 saturated carbocycles. The van der Waals surface area contributed by atoms with Gasteiger partial charge in [0.1, 0.15) is 18.1 Å². The first-order valence-corrected chi connectivity index (χ1v) is 14.5. The van der Waals surface area contributed by atoms with E-state index in [1.54, 1.807) is 13.1 Å². The number of hydrogen-bond donors (Lipinski definition) is 9. The third-order valence-electron chi connectivity index (χ3n) is 7.42. The van der Waals surface area contributed by atoms with Crippen LogP contribution in [0.25, 0.3) is 10.9 Å². The Balaban J connectivity index is 1.77. The average Bonchev–Trinajstić information content (AvgIpc) is 3.66. The molecule has 1 aromatic carbocycles. The highest BCUT2D eigenvalue weighted by atomic mass is 16.4. The number of rotatable bonds is 17. The number of para-hydroxylation sites is 1. The number of benzene rings is 1. The van der Waals surface area contributed by atoms with Crippen molar-refractivity contribution >= 4 is 40.6 Å². The summed E-state index contributed by atoms with van der Waals surface area (Å²) in [6.07, 6.45) is 5.92. The normalized spacial score (nSPS) is 14.5. The van der Waals surface area contributed by atoms with Crippen molar-refractivity contribution in [2.24, 2.45) is 28.1 Å². The fourth-order valence-electron chi connectivity index (χ4n) is 4.72.